The van der Waals surface area contributed by atoms with Gasteiger partial charge in [-0.2, -0.15) is 0 Å². The van der Waals surface area contributed by atoms with Crippen molar-refractivity contribution >= 4 is 11.7 Å². The molecule has 0 unspecified atom stereocenters. The molecule has 1 aromatic rings. The Bertz CT molecular complexity index is 534. The summed E-state index contributed by atoms with van der Waals surface area (Å²) in [6.45, 7) is 2.44. The Morgan fingerprint density at radius 1 is 1.48 bits per heavy atom. The van der Waals surface area contributed by atoms with E-state index in [9.17, 15) is 4.79 Å². The number of ether oxygens (including phenoxy) is 1. The van der Waals surface area contributed by atoms with Gasteiger partial charge in [0.2, 0.25) is 5.91 Å². The summed E-state index contributed by atoms with van der Waals surface area (Å²) in [4.78, 5) is 12.4. The maximum Gasteiger partial charge on any atom is 0.234 e. The van der Waals surface area contributed by atoms with Crippen LogP contribution in [-0.2, 0) is 11.3 Å². The van der Waals surface area contributed by atoms with E-state index >= 15 is 0 Å². The predicted octanol–water partition coefficient (Wildman–Crippen LogP) is 1.47. The minimum atomic E-state index is -0.860. The number of amides is 1. The fraction of sp³-hybridized carbons (Fsp3) is 0.467. The SMILES string of the molecule is COc1ccc(CNC(=O)C2(/C(N)=N/O)CC(C)C2)cc1. The van der Waals surface area contributed by atoms with Crippen LogP contribution in [0.2, 0.25) is 0 Å². The van der Waals surface area contributed by atoms with Crippen LogP contribution in [0.4, 0.5) is 0 Å². The molecule has 0 spiro atoms. The molecule has 21 heavy (non-hydrogen) atoms. The van der Waals surface area contributed by atoms with E-state index in [2.05, 4.69) is 10.5 Å². The number of methoxy groups -OCH3 is 1. The standard InChI is InChI=1S/C15H21N3O3/c1-10-7-15(8-10,13(16)18-20)14(19)17-9-11-3-5-12(21-2)6-4-11/h3-6,10,20H,7-9H2,1-2H3,(H2,16,18)(H,17,19). The van der Waals surface area contributed by atoms with E-state index in [0.717, 1.165) is 11.3 Å². The summed E-state index contributed by atoms with van der Waals surface area (Å²) in [5, 5.41) is 14.8. The van der Waals surface area contributed by atoms with Gasteiger partial charge in [-0.05, 0) is 36.5 Å². The highest BCUT2D eigenvalue weighted by Crippen LogP contribution is 2.45. The molecule has 6 heteroatoms. The number of amidine groups is 1. The lowest BCUT2D eigenvalue weighted by molar-refractivity contribution is -0.133. The third-order valence-electron chi connectivity index (χ3n) is 4.04. The molecule has 0 atom stereocenters. The molecule has 1 aromatic carbocycles. The summed E-state index contributed by atoms with van der Waals surface area (Å²) in [5.41, 5.74) is 5.81. The Balaban J connectivity index is 1.99. The average molecular weight is 291 g/mol. The molecule has 0 radical (unpaired) electrons. The number of benzene rings is 1. The molecule has 2 rings (SSSR count). The van der Waals surface area contributed by atoms with Crippen molar-refractivity contribution in [1.29, 1.82) is 0 Å². The largest absolute Gasteiger partial charge is 0.497 e. The Labute approximate surface area is 124 Å². The van der Waals surface area contributed by atoms with E-state index in [-0.39, 0.29) is 11.7 Å². The van der Waals surface area contributed by atoms with Gasteiger partial charge in [0.25, 0.3) is 0 Å². The predicted molar refractivity (Wildman–Crippen MR) is 79.1 cm³/mol. The van der Waals surface area contributed by atoms with Crippen molar-refractivity contribution in [1.82, 2.24) is 5.32 Å². The van der Waals surface area contributed by atoms with Gasteiger partial charge < -0.3 is 21.0 Å². The molecular formula is C15H21N3O3. The summed E-state index contributed by atoms with van der Waals surface area (Å²) >= 11 is 0. The van der Waals surface area contributed by atoms with Gasteiger partial charge in [-0.3, -0.25) is 4.79 Å². The second kappa shape index (κ2) is 6.03. The summed E-state index contributed by atoms with van der Waals surface area (Å²) < 4.78 is 5.09. The van der Waals surface area contributed by atoms with Gasteiger partial charge in [0.1, 0.15) is 11.2 Å². The number of nitrogens with two attached hydrogens (primary N) is 1. The minimum Gasteiger partial charge on any atom is -0.497 e. The van der Waals surface area contributed by atoms with Crippen LogP contribution < -0.4 is 15.8 Å². The zero-order valence-electron chi connectivity index (χ0n) is 12.3. The summed E-state index contributed by atoms with van der Waals surface area (Å²) in [7, 11) is 1.61. The maximum atomic E-state index is 12.4. The molecule has 0 bridgehead atoms. The maximum absolute atomic E-state index is 12.4. The molecular weight excluding hydrogens is 270 g/mol. The van der Waals surface area contributed by atoms with Gasteiger partial charge in [-0.15, -0.1) is 0 Å². The van der Waals surface area contributed by atoms with E-state index in [1.807, 2.05) is 31.2 Å². The van der Waals surface area contributed by atoms with Crippen LogP contribution in [0.5, 0.6) is 5.75 Å². The van der Waals surface area contributed by atoms with Crippen molar-refractivity contribution < 1.29 is 14.7 Å². The number of rotatable bonds is 5. The number of oxime groups is 1. The van der Waals surface area contributed by atoms with Gasteiger partial charge >= 0.3 is 0 Å². The van der Waals surface area contributed by atoms with Gasteiger partial charge in [-0.25, -0.2) is 0 Å². The van der Waals surface area contributed by atoms with Crippen LogP contribution in [0.25, 0.3) is 0 Å². The molecule has 0 saturated heterocycles. The number of carbonyl (C=O) groups is 1. The van der Waals surface area contributed by atoms with Crippen LogP contribution in [0.1, 0.15) is 25.3 Å². The lowest BCUT2D eigenvalue weighted by Gasteiger charge is -2.43. The summed E-state index contributed by atoms with van der Waals surface area (Å²) in [6.07, 6.45) is 1.22. The molecule has 1 amide bonds. The topological polar surface area (TPSA) is 96.9 Å². The molecule has 0 heterocycles. The minimum absolute atomic E-state index is 0.00664. The zero-order chi connectivity index (χ0) is 15.5. The second-order valence-electron chi connectivity index (χ2n) is 5.61. The van der Waals surface area contributed by atoms with E-state index < -0.39 is 5.41 Å². The lowest BCUT2D eigenvalue weighted by atomic mass is 9.61. The number of nitrogens with one attached hydrogen (secondary N) is 1. The second-order valence-corrected chi connectivity index (χ2v) is 5.61. The van der Waals surface area contributed by atoms with Crippen LogP contribution in [0, 0.1) is 11.3 Å². The van der Waals surface area contributed by atoms with Crippen molar-refractivity contribution in [2.24, 2.45) is 22.2 Å². The molecule has 0 aliphatic heterocycles. The van der Waals surface area contributed by atoms with E-state index in [1.54, 1.807) is 7.11 Å². The molecule has 1 fully saturated rings. The van der Waals surface area contributed by atoms with Crippen LogP contribution in [0.15, 0.2) is 29.4 Å². The van der Waals surface area contributed by atoms with E-state index in [1.165, 1.54) is 0 Å². The van der Waals surface area contributed by atoms with Crippen molar-refractivity contribution in [3.05, 3.63) is 29.8 Å². The molecule has 1 saturated carbocycles. The van der Waals surface area contributed by atoms with Crippen molar-refractivity contribution in [3.63, 3.8) is 0 Å². The quantitative estimate of drug-likeness (QED) is 0.331. The third kappa shape index (κ3) is 2.94. The molecule has 1 aliphatic carbocycles. The molecule has 4 N–H and O–H groups in total. The highest BCUT2D eigenvalue weighted by atomic mass is 16.5. The fourth-order valence-electron chi connectivity index (χ4n) is 2.83. The first-order chi connectivity index (χ1) is 10.0. The van der Waals surface area contributed by atoms with Crippen molar-refractivity contribution in [2.45, 2.75) is 26.3 Å². The Hall–Kier alpha value is -2.24. The first-order valence-electron chi connectivity index (χ1n) is 6.91. The summed E-state index contributed by atoms with van der Waals surface area (Å²) in [6, 6.07) is 7.45. The smallest absolute Gasteiger partial charge is 0.234 e. The average Bonchev–Trinajstić information content (AvgIpc) is 2.48. The first-order valence-corrected chi connectivity index (χ1v) is 6.91. The third-order valence-corrected chi connectivity index (χ3v) is 4.04. The lowest BCUT2D eigenvalue weighted by Crippen LogP contribution is -2.56. The van der Waals surface area contributed by atoms with E-state index in [0.29, 0.717) is 25.3 Å². The monoisotopic (exact) mass is 291 g/mol. The van der Waals surface area contributed by atoms with Crippen LogP contribution in [0.3, 0.4) is 0 Å². The summed E-state index contributed by atoms with van der Waals surface area (Å²) in [5.74, 6) is 0.975. The Morgan fingerprint density at radius 2 is 2.10 bits per heavy atom. The van der Waals surface area contributed by atoms with Crippen LogP contribution in [-0.4, -0.2) is 24.1 Å². The number of hydrogen-bond acceptors (Lipinski definition) is 4. The molecule has 114 valence electrons. The van der Waals surface area contributed by atoms with Gasteiger partial charge in [0.05, 0.1) is 7.11 Å². The number of nitrogens with zero attached hydrogens (tertiary/aromatic N) is 1. The van der Waals surface area contributed by atoms with Crippen molar-refractivity contribution in [2.75, 3.05) is 7.11 Å². The van der Waals surface area contributed by atoms with E-state index in [4.69, 9.17) is 15.7 Å². The Morgan fingerprint density at radius 3 is 2.57 bits per heavy atom. The van der Waals surface area contributed by atoms with Gasteiger partial charge in [0.15, 0.2) is 5.84 Å². The van der Waals surface area contributed by atoms with Crippen LogP contribution >= 0.6 is 0 Å². The van der Waals surface area contributed by atoms with Crippen molar-refractivity contribution in [3.8, 4) is 5.75 Å². The molecule has 0 aromatic heterocycles. The highest BCUT2D eigenvalue weighted by Gasteiger charge is 2.52. The van der Waals surface area contributed by atoms with Gasteiger partial charge in [-0.1, -0.05) is 24.2 Å². The Kier molecular flexibility index (Phi) is 4.35. The van der Waals surface area contributed by atoms with Gasteiger partial charge in [0, 0.05) is 6.54 Å². The number of hydrogen-bond donors (Lipinski definition) is 3. The molecule has 1 aliphatic rings. The zero-order valence-corrected chi connectivity index (χ0v) is 12.3. The fourth-order valence-corrected chi connectivity index (χ4v) is 2.83. The molecule has 6 nitrogen and oxygen atoms in total. The number of carbonyl (C=O) groups excluding carboxylic acids is 1. The first kappa shape index (κ1) is 15.2. The highest BCUT2D eigenvalue weighted by molar-refractivity contribution is 6.07. The normalized spacial score (nSPS) is 25.0.